The number of para-hydroxylation sites is 1. The minimum Gasteiger partial charge on any atom is -0.510 e. The van der Waals surface area contributed by atoms with Gasteiger partial charge < -0.3 is 20.1 Å². The molecule has 8 nitrogen and oxygen atoms in total. The van der Waals surface area contributed by atoms with Crippen molar-refractivity contribution in [3.05, 3.63) is 100 Å². The van der Waals surface area contributed by atoms with Gasteiger partial charge in [-0.15, -0.1) is 11.3 Å². The quantitative estimate of drug-likeness (QED) is 0.283. The Morgan fingerprint density at radius 3 is 2.79 bits per heavy atom. The molecule has 0 bridgehead atoms. The maximum absolute atomic E-state index is 12.8. The third kappa shape index (κ3) is 4.88. The lowest BCUT2D eigenvalue weighted by molar-refractivity contribution is -0.125. The largest absolute Gasteiger partial charge is 0.510 e. The number of esters is 1. The summed E-state index contributed by atoms with van der Waals surface area (Å²) in [6.07, 6.45) is 2.84. The van der Waals surface area contributed by atoms with Gasteiger partial charge in [0.15, 0.2) is 6.61 Å². The third-order valence-electron chi connectivity index (χ3n) is 7.04. The minimum absolute atomic E-state index is 0.0491. The van der Waals surface area contributed by atoms with Crippen molar-refractivity contribution < 1.29 is 19.4 Å². The summed E-state index contributed by atoms with van der Waals surface area (Å²) in [5.74, 6) is -0.834. The molecule has 2 aliphatic rings. The van der Waals surface area contributed by atoms with Gasteiger partial charge in [0.05, 0.1) is 33.9 Å². The van der Waals surface area contributed by atoms with Gasteiger partial charge in [-0.25, -0.2) is 9.78 Å². The second-order valence-electron chi connectivity index (χ2n) is 9.58. The second kappa shape index (κ2) is 10.3. The molecule has 39 heavy (non-hydrogen) atoms. The Bertz CT molecular complexity index is 1610. The molecule has 0 spiro atoms. The molecule has 3 aromatic carbocycles. The van der Waals surface area contributed by atoms with Crippen molar-refractivity contribution in [2.24, 2.45) is 0 Å². The van der Waals surface area contributed by atoms with Crippen LogP contribution in [0.5, 0.6) is 0 Å². The van der Waals surface area contributed by atoms with Crippen LogP contribution in [0.25, 0.3) is 15.8 Å². The third-order valence-corrected chi connectivity index (χ3v) is 8.10. The summed E-state index contributed by atoms with van der Waals surface area (Å²) in [6.45, 7) is -0.292. The zero-order valence-corrected chi connectivity index (χ0v) is 21.8. The number of hydrogen-bond acceptors (Lipinski definition) is 7. The number of aliphatic hydroxyl groups excluding tert-OH is 1. The fourth-order valence-corrected chi connectivity index (χ4v) is 6.19. The fraction of sp³-hybridized carbons (Fsp3) is 0.200. The molecule has 1 aliphatic heterocycles. The number of nitrogens with zero attached hydrogens (tertiary/aromatic N) is 2. The van der Waals surface area contributed by atoms with E-state index in [1.165, 1.54) is 16.9 Å². The second-order valence-corrected chi connectivity index (χ2v) is 10.6. The summed E-state index contributed by atoms with van der Waals surface area (Å²) in [7, 11) is 0. The molecule has 6 rings (SSSR count). The van der Waals surface area contributed by atoms with E-state index in [0.29, 0.717) is 16.3 Å². The first kappa shape index (κ1) is 24.8. The predicted molar refractivity (Wildman–Crippen MR) is 151 cm³/mol. The zero-order valence-electron chi connectivity index (χ0n) is 21.0. The molecule has 0 saturated carbocycles. The van der Waals surface area contributed by atoms with E-state index in [1.54, 1.807) is 29.2 Å². The summed E-state index contributed by atoms with van der Waals surface area (Å²) in [6, 6.07) is 22.3. The van der Waals surface area contributed by atoms with Crippen molar-refractivity contribution in [3.63, 3.8) is 0 Å². The van der Waals surface area contributed by atoms with Gasteiger partial charge in [0.1, 0.15) is 16.6 Å². The highest BCUT2D eigenvalue weighted by molar-refractivity contribution is 7.19. The molecule has 2 heterocycles. The minimum atomic E-state index is -0.634. The number of amides is 1. The monoisotopic (exact) mass is 538 g/mol. The van der Waals surface area contributed by atoms with Crippen molar-refractivity contribution in [2.75, 3.05) is 18.1 Å². The molecule has 0 radical (unpaired) electrons. The van der Waals surface area contributed by atoms with Crippen molar-refractivity contribution >= 4 is 50.5 Å². The maximum atomic E-state index is 12.8. The SMILES string of the molecule is N=C1C(c2nc3ccccc3s2)=C(O)CN1c1cccc(C(=O)OCC(=O)N[C@@H]2CCCc3ccccc32)c1. The normalized spacial score (nSPS) is 16.9. The summed E-state index contributed by atoms with van der Waals surface area (Å²) in [5, 5.41) is 23.0. The summed E-state index contributed by atoms with van der Waals surface area (Å²) >= 11 is 1.42. The van der Waals surface area contributed by atoms with Crippen LogP contribution in [0.3, 0.4) is 0 Å². The summed E-state index contributed by atoms with van der Waals surface area (Å²) < 4.78 is 6.29. The number of carbonyl (C=O) groups is 2. The van der Waals surface area contributed by atoms with Crippen LogP contribution in [0.2, 0.25) is 0 Å². The zero-order chi connectivity index (χ0) is 26.9. The molecule has 1 atom stereocenters. The van der Waals surface area contributed by atoms with Crippen LogP contribution in [0, 0.1) is 5.41 Å². The number of benzene rings is 3. The molecule has 0 unspecified atom stereocenters. The molecule has 1 amide bonds. The standard InChI is InChI=1S/C30H26N4O4S/c31-28-27(29-33-23-12-3-4-14-25(23)39-29)24(35)16-34(28)20-10-5-9-19(15-20)30(37)38-17-26(36)32-22-13-6-8-18-7-1-2-11-21(18)22/h1-5,7,9-12,14-15,22,31,35H,6,8,13,16-17H2,(H,32,36)/t22-/m1/s1. The van der Waals surface area contributed by atoms with Crippen LogP contribution in [0.15, 0.2) is 78.6 Å². The first-order chi connectivity index (χ1) is 19.0. The lowest BCUT2D eigenvalue weighted by Crippen LogP contribution is -2.34. The average Bonchev–Trinajstić information content (AvgIpc) is 3.51. The number of carbonyl (C=O) groups excluding carboxylic acids is 2. The van der Waals surface area contributed by atoms with Crippen LogP contribution in [0.1, 0.15) is 45.4 Å². The molecular weight excluding hydrogens is 512 g/mol. The number of fused-ring (bicyclic) bond motifs is 2. The number of anilines is 1. The van der Waals surface area contributed by atoms with Gasteiger partial charge >= 0.3 is 5.97 Å². The Morgan fingerprint density at radius 1 is 1.10 bits per heavy atom. The Hall–Kier alpha value is -4.50. The van der Waals surface area contributed by atoms with Crippen LogP contribution >= 0.6 is 11.3 Å². The first-order valence-corrected chi connectivity index (χ1v) is 13.6. The number of thiazole rings is 1. The Labute approximate surface area is 229 Å². The number of ether oxygens (including phenoxy) is 1. The van der Waals surface area contributed by atoms with Crippen molar-refractivity contribution in [3.8, 4) is 0 Å². The Balaban J connectivity index is 1.11. The van der Waals surface area contributed by atoms with E-state index in [1.807, 2.05) is 42.5 Å². The number of hydrogen-bond donors (Lipinski definition) is 3. The highest BCUT2D eigenvalue weighted by Gasteiger charge is 2.32. The number of aliphatic hydroxyl groups is 1. The van der Waals surface area contributed by atoms with Gasteiger partial charge in [-0.3, -0.25) is 10.2 Å². The predicted octanol–water partition coefficient (Wildman–Crippen LogP) is 5.41. The highest BCUT2D eigenvalue weighted by atomic mass is 32.1. The van der Waals surface area contributed by atoms with E-state index < -0.39 is 5.97 Å². The molecule has 0 fully saturated rings. The molecule has 0 saturated heterocycles. The molecular formula is C30H26N4O4S. The molecule has 9 heteroatoms. The smallest absolute Gasteiger partial charge is 0.338 e. The van der Waals surface area contributed by atoms with E-state index in [0.717, 1.165) is 35.0 Å². The Kier molecular flexibility index (Phi) is 6.58. The van der Waals surface area contributed by atoms with Gasteiger partial charge in [-0.05, 0) is 60.7 Å². The van der Waals surface area contributed by atoms with Gasteiger partial charge in [0.25, 0.3) is 5.91 Å². The lowest BCUT2D eigenvalue weighted by Gasteiger charge is -2.26. The number of aromatic nitrogens is 1. The van der Waals surface area contributed by atoms with Crippen LogP contribution in [0.4, 0.5) is 5.69 Å². The number of rotatable bonds is 6. The number of aryl methyl sites for hydroxylation is 1. The molecule has 196 valence electrons. The van der Waals surface area contributed by atoms with Gasteiger partial charge in [0.2, 0.25) is 0 Å². The molecule has 1 aliphatic carbocycles. The average molecular weight is 539 g/mol. The fourth-order valence-electron chi connectivity index (χ4n) is 5.16. The van der Waals surface area contributed by atoms with Crippen molar-refractivity contribution in [2.45, 2.75) is 25.3 Å². The van der Waals surface area contributed by atoms with E-state index in [-0.39, 0.29) is 42.3 Å². The van der Waals surface area contributed by atoms with Crippen molar-refractivity contribution in [1.29, 1.82) is 5.41 Å². The number of amidine groups is 1. The molecule has 4 aromatic rings. The highest BCUT2D eigenvalue weighted by Crippen LogP contribution is 2.35. The summed E-state index contributed by atoms with van der Waals surface area (Å²) in [5.41, 5.74) is 4.36. The number of nitrogens with one attached hydrogen (secondary N) is 2. The van der Waals surface area contributed by atoms with Crippen molar-refractivity contribution in [1.82, 2.24) is 10.3 Å². The van der Waals surface area contributed by atoms with E-state index in [4.69, 9.17) is 10.1 Å². The maximum Gasteiger partial charge on any atom is 0.338 e. The van der Waals surface area contributed by atoms with E-state index >= 15 is 0 Å². The van der Waals surface area contributed by atoms with Crippen LogP contribution < -0.4 is 10.2 Å². The molecule has 1 aromatic heterocycles. The van der Waals surface area contributed by atoms with Crippen LogP contribution in [-0.4, -0.2) is 41.0 Å². The lowest BCUT2D eigenvalue weighted by atomic mass is 9.88. The topological polar surface area (TPSA) is 116 Å². The van der Waals surface area contributed by atoms with E-state index in [9.17, 15) is 14.7 Å². The van der Waals surface area contributed by atoms with Gasteiger partial charge in [-0.2, -0.15) is 0 Å². The first-order valence-electron chi connectivity index (χ1n) is 12.8. The van der Waals surface area contributed by atoms with Gasteiger partial charge in [0, 0.05) is 5.69 Å². The molecule has 3 N–H and O–H groups in total. The Morgan fingerprint density at radius 2 is 1.92 bits per heavy atom. The summed E-state index contributed by atoms with van der Waals surface area (Å²) in [4.78, 5) is 31.6. The van der Waals surface area contributed by atoms with E-state index in [2.05, 4.69) is 16.4 Å². The van der Waals surface area contributed by atoms with Crippen LogP contribution in [-0.2, 0) is 16.0 Å². The van der Waals surface area contributed by atoms with Gasteiger partial charge in [-0.1, -0.05) is 42.5 Å².